The van der Waals surface area contributed by atoms with Crippen molar-refractivity contribution in [3.8, 4) is 0 Å². The predicted octanol–water partition coefficient (Wildman–Crippen LogP) is 4.86. The van der Waals surface area contributed by atoms with Crippen LogP contribution in [0.4, 0.5) is 5.69 Å². The quantitative estimate of drug-likeness (QED) is 0.265. The van der Waals surface area contributed by atoms with Gasteiger partial charge in [-0.3, -0.25) is 9.59 Å². The molecule has 2 aromatic rings. The van der Waals surface area contributed by atoms with Gasteiger partial charge in [-0.25, -0.2) is 0 Å². The van der Waals surface area contributed by atoms with Crippen molar-refractivity contribution in [2.24, 2.45) is 0 Å². The van der Waals surface area contributed by atoms with E-state index in [1.54, 1.807) is 11.8 Å². The van der Waals surface area contributed by atoms with Crippen LogP contribution in [0.1, 0.15) is 53.6 Å². The maximum Gasteiger partial charge on any atom is 0.256 e. The smallest absolute Gasteiger partial charge is 0.256 e. The van der Waals surface area contributed by atoms with Crippen molar-refractivity contribution in [1.82, 2.24) is 15.2 Å². The lowest BCUT2D eigenvalue weighted by atomic mass is 10.0. The van der Waals surface area contributed by atoms with Crippen LogP contribution in [0.25, 0.3) is 11.6 Å². The number of likely N-dealkylation sites (N-methyl/N-ethyl adjacent to an activating group) is 1. The number of benzene rings is 1. The fraction of sp³-hybridized carbons (Fsp3) is 0.385. The Hall–Kier alpha value is -2.77. The molecule has 1 aromatic carbocycles. The lowest BCUT2D eigenvalue weighted by molar-refractivity contribution is -0.110. The van der Waals surface area contributed by atoms with E-state index in [2.05, 4.69) is 46.5 Å². The summed E-state index contributed by atoms with van der Waals surface area (Å²) >= 11 is 1.73. The number of aryl methyl sites for hydroxylation is 1. The van der Waals surface area contributed by atoms with E-state index in [-0.39, 0.29) is 11.8 Å². The largest absolute Gasteiger partial charge is 0.358 e. The van der Waals surface area contributed by atoms with E-state index < -0.39 is 0 Å². The Labute approximate surface area is 200 Å². The summed E-state index contributed by atoms with van der Waals surface area (Å²) in [6.07, 6.45) is 6.00. The summed E-state index contributed by atoms with van der Waals surface area (Å²) in [5, 5.41) is 5.98. The van der Waals surface area contributed by atoms with Crippen LogP contribution >= 0.6 is 11.8 Å². The second kappa shape index (κ2) is 11.4. The van der Waals surface area contributed by atoms with Crippen molar-refractivity contribution in [2.75, 3.05) is 37.2 Å². The number of carbonyl (C=O) groups excluding carboxylic acids is 2. The van der Waals surface area contributed by atoms with Crippen LogP contribution in [-0.2, 0) is 4.79 Å². The molecule has 0 radical (unpaired) electrons. The van der Waals surface area contributed by atoms with Gasteiger partial charge in [-0.1, -0.05) is 26.0 Å². The highest BCUT2D eigenvalue weighted by atomic mass is 32.2. The maximum absolute atomic E-state index is 12.9. The van der Waals surface area contributed by atoms with E-state index in [0.717, 1.165) is 58.5 Å². The lowest BCUT2D eigenvalue weighted by Crippen LogP contribution is -2.35. The Morgan fingerprint density at radius 2 is 1.97 bits per heavy atom. The number of fused-ring (bicyclic) bond motifs is 1. The molecule has 0 atom stereocenters. The minimum Gasteiger partial charge on any atom is -0.358 e. The van der Waals surface area contributed by atoms with Crippen molar-refractivity contribution in [2.45, 2.75) is 39.5 Å². The van der Waals surface area contributed by atoms with Crippen LogP contribution in [0.3, 0.4) is 0 Å². The van der Waals surface area contributed by atoms with Gasteiger partial charge < -0.3 is 20.5 Å². The molecule has 0 aliphatic carbocycles. The third-order valence-electron chi connectivity index (χ3n) is 5.96. The summed E-state index contributed by atoms with van der Waals surface area (Å²) in [6, 6.07) is 6.04. The van der Waals surface area contributed by atoms with Gasteiger partial charge in [-0.2, -0.15) is 0 Å². The van der Waals surface area contributed by atoms with Crippen molar-refractivity contribution in [1.29, 1.82) is 0 Å². The molecule has 0 spiro atoms. The molecule has 1 aromatic heterocycles. The van der Waals surface area contributed by atoms with E-state index in [4.69, 9.17) is 0 Å². The van der Waals surface area contributed by atoms with Crippen LogP contribution in [0.5, 0.6) is 0 Å². The lowest BCUT2D eigenvalue weighted by Gasteiger charge is -2.18. The molecule has 1 aliphatic rings. The first kappa shape index (κ1) is 24.9. The molecule has 33 heavy (non-hydrogen) atoms. The van der Waals surface area contributed by atoms with E-state index in [9.17, 15) is 9.59 Å². The highest BCUT2D eigenvalue weighted by Crippen LogP contribution is 2.36. The Bertz CT molecular complexity index is 1080. The average molecular weight is 467 g/mol. The standard InChI is InChI=1S/C26H34N4O2S/c1-6-9-14-33-19-10-11-22-20(15-19)21(25(31)29-22)16-23-17(4)24(18(5)28-23)26(32)27-12-13-30(7-2)8-3/h6,9-11,15-16,28H,7-8,12-14H2,1-5H3,(H,27,32)(H,29,31). The monoisotopic (exact) mass is 466 g/mol. The molecule has 0 unspecified atom stereocenters. The molecule has 6 nitrogen and oxygen atoms in total. The number of rotatable bonds is 10. The average Bonchev–Trinajstić information content (AvgIpc) is 3.26. The number of H-pyrrole nitrogens is 1. The molecule has 7 heteroatoms. The summed E-state index contributed by atoms with van der Waals surface area (Å²) in [4.78, 5) is 32.3. The van der Waals surface area contributed by atoms with Gasteiger partial charge in [0.05, 0.1) is 11.1 Å². The molecule has 1 aliphatic heterocycles. The highest BCUT2D eigenvalue weighted by molar-refractivity contribution is 7.99. The topological polar surface area (TPSA) is 77.2 Å². The second-order valence-electron chi connectivity index (χ2n) is 8.05. The number of aromatic amines is 1. The Balaban J connectivity index is 1.83. The zero-order valence-corrected chi connectivity index (χ0v) is 21.0. The molecule has 0 saturated carbocycles. The number of hydrogen-bond donors (Lipinski definition) is 3. The van der Waals surface area contributed by atoms with Gasteiger partial charge in [0, 0.05) is 46.4 Å². The van der Waals surface area contributed by atoms with Gasteiger partial charge in [-0.05, 0) is 63.7 Å². The molecule has 176 valence electrons. The Morgan fingerprint density at radius 1 is 1.21 bits per heavy atom. The number of nitrogens with one attached hydrogen (secondary N) is 3. The minimum absolute atomic E-state index is 0.0861. The van der Waals surface area contributed by atoms with Gasteiger partial charge in [0.25, 0.3) is 11.8 Å². The van der Waals surface area contributed by atoms with Crippen molar-refractivity contribution in [3.05, 3.63) is 58.4 Å². The second-order valence-corrected chi connectivity index (χ2v) is 9.14. The molecule has 0 saturated heterocycles. The summed E-state index contributed by atoms with van der Waals surface area (Å²) in [6.45, 7) is 13.4. The van der Waals surface area contributed by atoms with E-state index in [1.165, 1.54) is 0 Å². The molecule has 0 fully saturated rings. The molecule has 3 N–H and O–H groups in total. The molecule has 2 heterocycles. The minimum atomic E-state index is -0.127. The summed E-state index contributed by atoms with van der Waals surface area (Å²) in [5.41, 5.74) is 5.40. The first-order chi connectivity index (χ1) is 15.9. The van der Waals surface area contributed by atoms with Gasteiger partial charge in [0.1, 0.15) is 0 Å². The Kier molecular flexibility index (Phi) is 8.58. The summed E-state index contributed by atoms with van der Waals surface area (Å²) in [7, 11) is 0. The summed E-state index contributed by atoms with van der Waals surface area (Å²) in [5.74, 6) is 0.673. The number of thioether (sulfide) groups is 1. The van der Waals surface area contributed by atoms with E-state index in [0.29, 0.717) is 17.7 Å². The van der Waals surface area contributed by atoms with Crippen LogP contribution in [0.15, 0.2) is 35.2 Å². The van der Waals surface area contributed by atoms with Crippen molar-refractivity contribution >= 4 is 40.9 Å². The molecular weight excluding hydrogens is 432 g/mol. The number of nitrogens with zero attached hydrogens (tertiary/aromatic N) is 1. The SMILES string of the molecule is CC=CCSc1ccc2c(c1)C(=Cc1[nH]c(C)c(C(=O)NCCN(CC)CC)c1C)C(=O)N2. The van der Waals surface area contributed by atoms with E-state index >= 15 is 0 Å². The highest BCUT2D eigenvalue weighted by Gasteiger charge is 2.26. The van der Waals surface area contributed by atoms with Crippen LogP contribution in [-0.4, -0.2) is 53.6 Å². The number of carbonyl (C=O) groups is 2. The number of aromatic nitrogens is 1. The van der Waals surface area contributed by atoms with Gasteiger partial charge in [-0.15, -0.1) is 11.8 Å². The van der Waals surface area contributed by atoms with Gasteiger partial charge in [0.15, 0.2) is 0 Å². The normalized spacial score (nSPS) is 14.4. The first-order valence-electron chi connectivity index (χ1n) is 11.5. The third-order valence-corrected chi connectivity index (χ3v) is 6.90. The van der Waals surface area contributed by atoms with Crippen molar-refractivity contribution in [3.63, 3.8) is 0 Å². The zero-order chi connectivity index (χ0) is 24.0. The first-order valence-corrected chi connectivity index (χ1v) is 12.5. The molecule has 0 bridgehead atoms. The number of anilines is 1. The van der Waals surface area contributed by atoms with Crippen LogP contribution in [0, 0.1) is 13.8 Å². The number of amides is 2. The fourth-order valence-electron chi connectivity index (χ4n) is 4.00. The molecule has 3 rings (SSSR count). The van der Waals surface area contributed by atoms with Gasteiger partial charge in [0.2, 0.25) is 0 Å². The maximum atomic E-state index is 12.9. The number of hydrogen-bond acceptors (Lipinski definition) is 4. The number of allylic oxidation sites excluding steroid dienone is 1. The van der Waals surface area contributed by atoms with Crippen molar-refractivity contribution < 1.29 is 9.59 Å². The van der Waals surface area contributed by atoms with Crippen LogP contribution in [0.2, 0.25) is 0 Å². The van der Waals surface area contributed by atoms with Gasteiger partial charge >= 0.3 is 0 Å². The van der Waals surface area contributed by atoms with Crippen LogP contribution < -0.4 is 10.6 Å². The van der Waals surface area contributed by atoms with E-state index in [1.807, 2.05) is 45.1 Å². The Morgan fingerprint density at radius 3 is 2.67 bits per heavy atom. The zero-order valence-electron chi connectivity index (χ0n) is 20.2. The molecular formula is C26H34N4O2S. The fourth-order valence-corrected chi connectivity index (χ4v) is 4.85. The molecule has 2 amide bonds. The summed E-state index contributed by atoms with van der Waals surface area (Å²) < 4.78 is 0. The predicted molar refractivity (Wildman–Crippen MR) is 139 cm³/mol. The third kappa shape index (κ3) is 5.78.